The van der Waals surface area contributed by atoms with Crippen LogP contribution in [0.1, 0.15) is 17.7 Å². The third-order valence-corrected chi connectivity index (χ3v) is 5.27. The molecule has 1 atom stereocenters. The van der Waals surface area contributed by atoms with E-state index in [0.717, 1.165) is 44.4 Å². The molecule has 0 saturated carbocycles. The van der Waals surface area contributed by atoms with Crippen LogP contribution in [0, 0.1) is 0 Å². The number of aliphatic carboxylic acids is 1. The van der Waals surface area contributed by atoms with Gasteiger partial charge in [0.2, 0.25) is 0 Å². The van der Waals surface area contributed by atoms with Gasteiger partial charge in [-0.1, -0.05) is 42.5 Å². The summed E-state index contributed by atoms with van der Waals surface area (Å²) >= 11 is 0. The smallest absolute Gasteiger partial charge is 0.328 e. The van der Waals surface area contributed by atoms with E-state index in [2.05, 4.69) is 62.6 Å². The number of carbonyl (C=O) groups is 1. The molecule has 0 spiro atoms. The molecule has 148 valence electrons. The van der Waals surface area contributed by atoms with Crippen LogP contribution in [0.5, 0.6) is 0 Å². The number of aromatic nitrogens is 2. The summed E-state index contributed by atoms with van der Waals surface area (Å²) in [5.41, 5.74) is 1.93. The van der Waals surface area contributed by atoms with E-state index in [1.807, 2.05) is 0 Å². The fourth-order valence-electron chi connectivity index (χ4n) is 3.81. The molecule has 6 nitrogen and oxygen atoms in total. The first-order valence-corrected chi connectivity index (χ1v) is 9.86. The van der Waals surface area contributed by atoms with E-state index in [-0.39, 0.29) is 0 Å². The molecule has 6 heteroatoms. The van der Waals surface area contributed by atoms with Gasteiger partial charge in [-0.2, -0.15) is 0 Å². The van der Waals surface area contributed by atoms with Gasteiger partial charge in [-0.25, -0.2) is 9.78 Å². The third kappa shape index (κ3) is 4.97. The van der Waals surface area contributed by atoms with E-state index in [0.29, 0.717) is 11.7 Å². The van der Waals surface area contributed by atoms with Crippen molar-refractivity contribution in [2.24, 2.45) is 0 Å². The van der Waals surface area contributed by atoms with Crippen molar-refractivity contribution in [3.8, 4) is 0 Å². The quantitative estimate of drug-likeness (QED) is 0.604. The van der Waals surface area contributed by atoms with Gasteiger partial charge in [0.05, 0.1) is 18.1 Å². The summed E-state index contributed by atoms with van der Waals surface area (Å²) < 4.78 is 0. The minimum absolute atomic E-state index is 0.345. The zero-order chi connectivity index (χ0) is 20.1. The summed E-state index contributed by atoms with van der Waals surface area (Å²) in [6, 6.07) is 15.4. The van der Waals surface area contributed by atoms with Gasteiger partial charge < -0.3 is 15.3 Å². The Morgan fingerprint density at radius 1 is 1.17 bits per heavy atom. The number of nitrogens with zero attached hydrogens (tertiary/aromatic N) is 3. The fraction of sp³-hybridized carbons (Fsp3) is 0.261. The van der Waals surface area contributed by atoms with Crippen molar-refractivity contribution in [3.63, 3.8) is 0 Å². The highest BCUT2D eigenvalue weighted by Crippen LogP contribution is 2.20. The van der Waals surface area contributed by atoms with Crippen LogP contribution in [0.2, 0.25) is 0 Å². The summed E-state index contributed by atoms with van der Waals surface area (Å²) in [6.07, 6.45) is 7.83. The Bertz CT molecular complexity index is 1010. The zero-order valence-corrected chi connectivity index (χ0v) is 16.2. The monoisotopic (exact) mass is 388 g/mol. The fourth-order valence-corrected chi connectivity index (χ4v) is 3.81. The summed E-state index contributed by atoms with van der Waals surface area (Å²) in [6.45, 7) is 3.08. The van der Waals surface area contributed by atoms with Crippen LogP contribution in [-0.4, -0.2) is 51.6 Å². The Hall–Kier alpha value is -3.25. The molecule has 1 aliphatic rings. The Balaban J connectivity index is 1.30. The average molecular weight is 388 g/mol. The maximum absolute atomic E-state index is 10.6. The Labute approximate surface area is 169 Å². The molecule has 0 radical (unpaired) electrons. The van der Waals surface area contributed by atoms with Crippen LogP contribution in [0.3, 0.4) is 0 Å². The highest BCUT2D eigenvalue weighted by molar-refractivity contribution is 5.85. The predicted molar refractivity (Wildman–Crippen MR) is 115 cm³/mol. The van der Waals surface area contributed by atoms with Crippen LogP contribution >= 0.6 is 0 Å². The highest BCUT2D eigenvalue weighted by atomic mass is 16.4. The number of anilines is 1. The van der Waals surface area contributed by atoms with E-state index in [9.17, 15) is 4.79 Å². The first kappa shape index (κ1) is 19.1. The van der Waals surface area contributed by atoms with Crippen LogP contribution in [0.15, 0.2) is 60.9 Å². The lowest BCUT2D eigenvalue weighted by molar-refractivity contribution is -0.131. The van der Waals surface area contributed by atoms with Crippen LogP contribution in [-0.2, 0) is 11.2 Å². The molecule has 1 saturated heterocycles. The van der Waals surface area contributed by atoms with Gasteiger partial charge in [0.15, 0.2) is 0 Å². The second kappa shape index (κ2) is 8.84. The molecule has 0 aliphatic carbocycles. The Morgan fingerprint density at radius 2 is 2.03 bits per heavy atom. The largest absolute Gasteiger partial charge is 0.478 e. The first-order chi connectivity index (χ1) is 14.2. The molecular formula is C23H24N4O2. The summed E-state index contributed by atoms with van der Waals surface area (Å²) in [4.78, 5) is 21.6. The maximum atomic E-state index is 10.6. The highest BCUT2D eigenvalue weighted by Gasteiger charge is 2.22. The van der Waals surface area contributed by atoms with Crippen molar-refractivity contribution in [1.82, 2.24) is 14.9 Å². The lowest BCUT2D eigenvalue weighted by atomic mass is 10.0. The Kier molecular flexibility index (Phi) is 5.81. The van der Waals surface area contributed by atoms with E-state index < -0.39 is 5.97 Å². The standard InChI is InChI=1S/C23H24N4O2/c28-23(29)9-8-19-14-25-22(15-24-19)26-20-11-13-27(16-20)12-10-18-6-3-5-17-4-1-2-7-21(17)18/h1-9,14-15,20H,10-13,16H2,(H,25,26)(H,28,29)/b9-8+/t20-/m1/s1. The molecule has 4 rings (SSSR count). The van der Waals surface area contributed by atoms with Crippen molar-refractivity contribution in [3.05, 3.63) is 72.2 Å². The molecule has 2 aromatic carbocycles. The minimum Gasteiger partial charge on any atom is -0.478 e. The number of rotatable bonds is 7. The van der Waals surface area contributed by atoms with Gasteiger partial charge >= 0.3 is 5.97 Å². The molecule has 1 aliphatic heterocycles. The number of hydrogen-bond donors (Lipinski definition) is 2. The molecule has 2 N–H and O–H groups in total. The van der Waals surface area contributed by atoms with E-state index in [1.54, 1.807) is 12.4 Å². The van der Waals surface area contributed by atoms with Gasteiger partial charge in [-0.05, 0) is 35.3 Å². The second-order valence-electron chi connectivity index (χ2n) is 7.32. The van der Waals surface area contributed by atoms with Crippen molar-refractivity contribution in [2.45, 2.75) is 18.9 Å². The topological polar surface area (TPSA) is 78.3 Å². The van der Waals surface area contributed by atoms with Gasteiger partial charge in [-0.3, -0.25) is 4.98 Å². The summed E-state index contributed by atoms with van der Waals surface area (Å²) in [5.74, 6) is -0.276. The van der Waals surface area contributed by atoms with E-state index in [4.69, 9.17) is 5.11 Å². The number of fused-ring (bicyclic) bond motifs is 1. The predicted octanol–water partition coefficient (Wildman–Crippen LogP) is 3.46. The summed E-state index contributed by atoms with van der Waals surface area (Å²) in [7, 11) is 0. The Morgan fingerprint density at radius 3 is 2.86 bits per heavy atom. The van der Waals surface area contributed by atoms with E-state index in [1.165, 1.54) is 22.4 Å². The number of carboxylic acid groups (broad SMARTS) is 1. The van der Waals surface area contributed by atoms with Crippen molar-refractivity contribution >= 4 is 28.6 Å². The molecule has 3 aromatic rings. The van der Waals surface area contributed by atoms with Gasteiger partial charge in [0.1, 0.15) is 5.82 Å². The van der Waals surface area contributed by atoms with Crippen LogP contribution < -0.4 is 5.32 Å². The number of likely N-dealkylation sites (tertiary alicyclic amines) is 1. The number of benzene rings is 2. The zero-order valence-electron chi connectivity index (χ0n) is 16.2. The number of hydrogen-bond acceptors (Lipinski definition) is 5. The number of nitrogens with one attached hydrogen (secondary N) is 1. The van der Waals surface area contributed by atoms with E-state index >= 15 is 0 Å². The third-order valence-electron chi connectivity index (χ3n) is 5.27. The maximum Gasteiger partial charge on any atom is 0.328 e. The lowest BCUT2D eigenvalue weighted by Gasteiger charge is -2.17. The van der Waals surface area contributed by atoms with Crippen molar-refractivity contribution in [2.75, 3.05) is 25.0 Å². The molecule has 0 bridgehead atoms. The first-order valence-electron chi connectivity index (χ1n) is 9.86. The van der Waals surface area contributed by atoms with Gasteiger partial charge in [-0.15, -0.1) is 0 Å². The second-order valence-corrected chi connectivity index (χ2v) is 7.32. The van der Waals surface area contributed by atoms with Gasteiger partial charge in [0.25, 0.3) is 0 Å². The SMILES string of the molecule is O=C(O)/C=C/c1cnc(N[C@@H]2CCN(CCc3cccc4ccccc34)C2)cn1. The van der Waals surface area contributed by atoms with Crippen molar-refractivity contribution < 1.29 is 9.90 Å². The van der Waals surface area contributed by atoms with Crippen LogP contribution in [0.4, 0.5) is 5.82 Å². The summed E-state index contributed by atoms with van der Waals surface area (Å²) in [5, 5.41) is 14.7. The van der Waals surface area contributed by atoms with Crippen molar-refractivity contribution in [1.29, 1.82) is 0 Å². The lowest BCUT2D eigenvalue weighted by Crippen LogP contribution is -2.28. The molecule has 29 heavy (non-hydrogen) atoms. The molecule has 2 heterocycles. The van der Waals surface area contributed by atoms with Gasteiger partial charge in [0, 0.05) is 31.8 Å². The molecule has 1 fully saturated rings. The molecule has 0 unspecified atom stereocenters. The normalized spacial score (nSPS) is 17.2. The average Bonchev–Trinajstić information content (AvgIpc) is 3.19. The number of carboxylic acids is 1. The minimum atomic E-state index is -0.997. The molecular weight excluding hydrogens is 364 g/mol. The molecule has 1 aromatic heterocycles. The van der Waals surface area contributed by atoms with Crippen LogP contribution in [0.25, 0.3) is 16.8 Å². The molecule has 0 amide bonds.